The van der Waals surface area contributed by atoms with Crippen molar-refractivity contribution in [2.75, 3.05) is 39.9 Å². The van der Waals surface area contributed by atoms with E-state index in [-0.39, 0.29) is 51.4 Å². The Kier molecular flexibility index (Phi) is 12.0. The van der Waals surface area contributed by atoms with Crippen molar-refractivity contribution in [1.29, 1.82) is 0 Å². The summed E-state index contributed by atoms with van der Waals surface area (Å²) in [6.07, 6.45) is 0.460. The SMILES string of the molecule is CCCN1CC2=C(C(O)N(CCOc3ccc(CC(OCC)C(=O)O)cc3)C(CC)=N2)N1C.[KH]. The first-order valence-electron chi connectivity index (χ1n) is 11.7. The molecule has 0 saturated heterocycles. The van der Waals surface area contributed by atoms with E-state index in [1.54, 1.807) is 6.92 Å². The second-order valence-electron chi connectivity index (χ2n) is 8.17. The van der Waals surface area contributed by atoms with Crippen molar-refractivity contribution in [3.63, 3.8) is 0 Å². The van der Waals surface area contributed by atoms with Gasteiger partial charge in [0, 0.05) is 33.0 Å². The van der Waals surface area contributed by atoms with Gasteiger partial charge in [-0.1, -0.05) is 26.0 Å². The number of carboxylic acid groups (broad SMARTS) is 1. The maximum atomic E-state index is 11.3. The number of hydrazine groups is 1. The second-order valence-corrected chi connectivity index (χ2v) is 8.17. The summed E-state index contributed by atoms with van der Waals surface area (Å²) >= 11 is 0. The van der Waals surface area contributed by atoms with Gasteiger partial charge in [0.2, 0.25) is 0 Å². The van der Waals surface area contributed by atoms with Crippen molar-refractivity contribution < 1.29 is 24.5 Å². The van der Waals surface area contributed by atoms with E-state index in [0.717, 1.165) is 48.7 Å². The Bertz CT molecular complexity index is 877. The van der Waals surface area contributed by atoms with Gasteiger partial charge in [0.1, 0.15) is 23.9 Å². The van der Waals surface area contributed by atoms with E-state index < -0.39 is 18.3 Å². The summed E-state index contributed by atoms with van der Waals surface area (Å²) in [5, 5.41) is 24.6. The number of likely N-dealkylation sites (N-methyl/N-ethyl adjacent to an activating group) is 1. The van der Waals surface area contributed by atoms with Crippen molar-refractivity contribution in [2.24, 2.45) is 4.99 Å². The number of carbonyl (C=O) groups is 1. The number of hydrogen-bond donors (Lipinski definition) is 2. The van der Waals surface area contributed by atoms with E-state index in [4.69, 9.17) is 14.5 Å². The summed E-state index contributed by atoms with van der Waals surface area (Å²) in [5.74, 6) is 0.591. The van der Waals surface area contributed by atoms with E-state index in [2.05, 4.69) is 11.9 Å². The molecule has 2 heterocycles. The van der Waals surface area contributed by atoms with Gasteiger partial charge in [0.25, 0.3) is 0 Å². The third kappa shape index (κ3) is 7.04. The number of aliphatic carboxylic acids is 1. The number of amidine groups is 1. The van der Waals surface area contributed by atoms with Crippen LogP contribution in [0.15, 0.2) is 40.7 Å². The topological polar surface area (TPSA) is 98.1 Å². The van der Waals surface area contributed by atoms with Crippen LogP contribution in [-0.2, 0) is 16.0 Å². The predicted molar refractivity (Wildman–Crippen MR) is 133 cm³/mol. The van der Waals surface area contributed by atoms with E-state index in [0.29, 0.717) is 31.9 Å². The van der Waals surface area contributed by atoms with Gasteiger partial charge in [-0.15, -0.1) is 0 Å². The fourth-order valence-corrected chi connectivity index (χ4v) is 4.25. The molecule has 2 N–H and O–H groups in total. The van der Waals surface area contributed by atoms with Crippen molar-refractivity contribution in [3.05, 3.63) is 41.2 Å². The van der Waals surface area contributed by atoms with Crippen LogP contribution in [0.3, 0.4) is 0 Å². The summed E-state index contributed by atoms with van der Waals surface area (Å²) in [4.78, 5) is 18.0. The van der Waals surface area contributed by atoms with Crippen LogP contribution in [-0.4, -0.2) is 141 Å². The summed E-state index contributed by atoms with van der Waals surface area (Å²) in [6, 6.07) is 7.36. The van der Waals surface area contributed by atoms with Crippen LogP contribution >= 0.6 is 0 Å². The number of aliphatic hydroxyl groups is 1. The zero-order chi connectivity index (χ0) is 24.0. The molecule has 10 heteroatoms. The number of aliphatic hydroxyl groups excluding tert-OH is 1. The first-order valence-corrected chi connectivity index (χ1v) is 11.7. The average molecular weight is 501 g/mol. The predicted octanol–water partition coefficient (Wildman–Crippen LogP) is 1.68. The van der Waals surface area contributed by atoms with Crippen LogP contribution in [0.4, 0.5) is 0 Å². The summed E-state index contributed by atoms with van der Waals surface area (Å²) < 4.78 is 11.2. The van der Waals surface area contributed by atoms with Crippen molar-refractivity contribution in [3.8, 4) is 5.75 Å². The third-order valence-electron chi connectivity index (χ3n) is 5.92. The molecule has 1 aromatic carbocycles. The summed E-state index contributed by atoms with van der Waals surface area (Å²) in [5.41, 5.74) is 2.65. The fourth-order valence-electron chi connectivity index (χ4n) is 4.25. The van der Waals surface area contributed by atoms with Crippen molar-refractivity contribution >= 4 is 63.2 Å². The molecule has 0 fully saturated rings. The minimum absolute atomic E-state index is 0. The molecule has 3 rings (SSSR count). The number of carboxylic acids is 1. The molecule has 2 aliphatic rings. The molecule has 0 aromatic heterocycles. The molecule has 0 spiro atoms. The van der Waals surface area contributed by atoms with Crippen LogP contribution in [0.25, 0.3) is 0 Å². The maximum absolute atomic E-state index is 11.3. The molecule has 0 radical (unpaired) electrons. The van der Waals surface area contributed by atoms with Crippen molar-refractivity contribution in [1.82, 2.24) is 14.9 Å². The Morgan fingerprint density at radius 3 is 2.50 bits per heavy atom. The Balaban J connectivity index is 0.00000408. The van der Waals surface area contributed by atoms with E-state index in [9.17, 15) is 15.0 Å². The van der Waals surface area contributed by atoms with Gasteiger partial charge in [0.05, 0.1) is 18.8 Å². The average Bonchev–Trinajstić information content (AvgIpc) is 3.11. The fraction of sp³-hybridized carbons (Fsp3) is 0.583. The van der Waals surface area contributed by atoms with Gasteiger partial charge >= 0.3 is 57.4 Å². The normalized spacial score (nSPS) is 19.0. The molecule has 184 valence electrons. The molecule has 9 nitrogen and oxygen atoms in total. The van der Waals surface area contributed by atoms with Gasteiger partial charge in [-0.3, -0.25) is 0 Å². The minimum atomic E-state index is -0.963. The van der Waals surface area contributed by atoms with Crippen LogP contribution in [0.1, 0.15) is 39.2 Å². The monoisotopic (exact) mass is 500 g/mol. The molecule has 0 bridgehead atoms. The first kappa shape index (κ1) is 29.2. The van der Waals surface area contributed by atoms with Crippen LogP contribution in [0, 0.1) is 0 Å². The van der Waals surface area contributed by atoms with Gasteiger partial charge in [-0.2, -0.15) is 0 Å². The molecule has 34 heavy (non-hydrogen) atoms. The van der Waals surface area contributed by atoms with Crippen molar-refractivity contribution in [2.45, 2.75) is 52.4 Å². The number of rotatable bonds is 12. The molecule has 0 aliphatic carbocycles. The first-order chi connectivity index (χ1) is 15.9. The van der Waals surface area contributed by atoms with E-state index >= 15 is 0 Å². The van der Waals surface area contributed by atoms with Crippen LogP contribution < -0.4 is 4.74 Å². The van der Waals surface area contributed by atoms with Gasteiger partial charge in [0.15, 0.2) is 12.3 Å². The van der Waals surface area contributed by atoms with Gasteiger partial charge in [-0.25, -0.2) is 14.8 Å². The standard InChI is InChI=1S/C24H36N4O5.K.H/c1-5-12-27-16-19-22(26(27)4)23(29)28(21(6-2)25-19)13-14-33-18-10-8-17(9-11-18)15-20(24(30)31)32-7-3;;/h8-11,20,23,29H,5-7,12-16H2,1-4H3,(H,30,31);;. The molecular weight excluding hydrogens is 463 g/mol. The number of ether oxygens (including phenoxy) is 2. The molecule has 1 aromatic rings. The number of nitrogens with zero attached hydrogens (tertiary/aromatic N) is 4. The Labute approximate surface area is 244 Å². The van der Waals surface area contributed by atoms with Crippen LogP contribution in [0.5, 0.6) is 5.75 Å². The molecule has 2 atom stereocenters. The zero-order valence-corrected chi connectivity index (χ0v) is 20.0. The Hall–Kier alpha value is -0.984. The molecule has 0 saturated carbocycles. The second kappa shape index (κ2) is 13.9. The summed E-state index contributed by atoms with van der Waals surface area (Å²) in [7, 11) is 1.98. The zero-order valence-electron chi connectivity index (χ0n) is 20.0. The van der Waals surface area contributed by atoms with Gasteiger partial charge < -0.3 is 29.6 Å². The third-order valence-corrected chi connectivity index (χ3v) is 5.92. The Morgan fingerprint density at radius 1 is 1.21 bits per heavy atom. The molecule has 2 unspecified atom stereocenters. The number of benzene rings is 1. The molecular formula is C24H37KN4O5. The molecule has 2 aliphatic heterocycles. The number of hydrogen-bond acceptors (Lipinski definition) is 8. The van der Waals surface area contributed by atoms with Gasteiger partial charge in [-0.05, 0) is 31.0 Å². The quantitative estimate of drug-likeness (QED) is 0.419. The van der Waals surface area contributed by atoms with E-state index in [1.165, 1.54) is 0 Å². The summed E-state index contributed by atoms with van der Waals surface area (Å²) in [6.45, 7) is 8.85. The van der Waals surface area contributed by atoms with Crippen LogP contribution in [0.2, 0.25) is 0 Å². The van der Waals surface area contributed by atoms with E-state index in [1.807, 2.05) is 48.1 Å². The molecule has 0 amide bonds. The number of aliphatic imine (C=N–C) groups is 1. The Morgan fingerprint density at radius 2 is 1.91 bits per heavy atom.